The van der Waals surface area contributed by atoms with Gasteiger partial charge in [0.1, 0.15) is 30.5 Å². The average molecular weight is 547 g/mol. The van der Waals surface area contributed by atoms with Crippen molar-refractivity contribution < 1.29 is 43.6 Å². The lowest BCUT2D eigenvalue weighted by molar-refractivity contribution is -0.188. The molecule has 0 aromatic heterocycles. The summed E-state index contributed by atoms with van der Waals surface area (Å²) >= 11 is 0. The van der Waals surface area contributed by atoms with Crippen molar-refractivity contribution in [3.63, 3.8) is 0 Å². The molecule has 1 saturated heterocycles. The molecule has 8 atom stereocenters. The fourth-order valence-electron chi connectivity index (χ4n) is 6.34. The molecule has 0 spiro atoms. The van der Waals surface area contributed by atoms with Gasteiger partial charge in [0.25, 0.3) is 0 Å². The third-order valence-electron chi connectivity index (χ3n) is 9.43. The summed E-state index contributed by atoms with van der Waals surface area (Å²) < 4.78 is 16.9. The predicted molar refractivity (Wildman–Crippen MR) is 142 cm³/mol. The van der Waals surface area contributed by atoms with Crippen molar-refractivity contribution in [2.75, 3.05) is 6.61 Å². The molecule has 9 nitrogen and oxygen atoms in total. The van der Waals surface area contributed by atoms with E-state index in [1.165, 1.54) is 0 Å². The molecule has 0 unspecified atom stereocenters. The van der Waals surface area contributed by atoms with E-state index in [1.54, 1.807) is 40.7 Å². The van der Waals surface area contributed by atoms with E-state index < -0.39 is 77.4 Å². The zero-order valence-corrected chi connectivity index (χ0v) is 23.9. The number of Topliss-reactive ketones (excluding diaryl/α,β-unsaturated/α-hetero) is 1. The predicted octanol–water partition coefficient (Wildman–Crippen LogP) is 3.37. The van der Waals surface area contributed by atoms with Crippen LogP contribution in [0.1, 0.15) is 73.6 Å². The van der Waals surface area contributed by atoms with Crippen molar-refractivity contribution in [1.29, 1.82) is 0 Å². The standard InChI is InChI=1S/C30H42O9/c1-9-16(3)26(34)38-20-12-11-18(5)29(8)24(20)28(7,19(6)23(32)25(29)33)13-21(39-27(35)17(4)10-2)30(36)14-22(31)37-15-30/h10,16,20-21,24-25,33,36H,5-6,9,11-15H2,1-4,7-8H3/b17-10+/t16-,20+,21+,24+,25-,28-,29-,30+/m1/s1. The largest absolute Gasteiger partial charge is 0.462 e. The molecule has 9 heteroatoms. The summed E-state index contributed by atoms with van der Waals surface area (Å²) in [5, 5.41) is 22.8. The van der Waals surface area contributed by atoms with Crippen LogP contribution in [-0.4, -0.2) is 64.4 Å². The Morgan fingerprint density at radius 1 is 1.26 bits per heavy atom. The zero-order chi connectivity index (χ0) is 29.5. The fraction of sp³-hybridized carbons (Fsp3) is 0.667. The summed E-state index contributed by atoms with van der Waals surface area (Å²) in [6.45, 7) is 18.2. The molecule has 2 aliphatic carbocycles. The minimum Gasteiger partial charge on any atom is -0.462 e. The first kappa shape index (κ1) is 30.8. The van der Waals surface area contributed by atoms with Crippen molar-refractivity contribution >= 4 is 23.7 Å². The summed E-state index contributed by atoms with van der Waals surface area (Å²) in [5.74, 6) is -3.36. The van der Waals surface area contributed by atoms with Gasteiger partial charge in [-0.25, -0.2) is 4.79 Å². The van der Waals surface area contributed by atoms with Crippen LogP contribution in [0.25, 0.3) is 0 Å². The molecule has 0 aromatic carbocycles. The molecule has 3 fully saturated rings. The lowest BCUT2D eigenvalue weighted by atomic mass is 9.45. The molecule has 1 heterocycles. The first-order valence-corrected chi connectivity index (χ1v) is 13.6. The van der Waals surface area contributed by atoms with E-state index >= 15 is 0 Å². The Kier molecular flexibility index (Phi) is 8.68. The highest BCUT2D eigenvalue weighted by Gasteiger charge is 2.66. The number of hydrogen-bond acceptors (Lipinski definition) is 9. The fourth-order valence-corrected chi connectivity index (χ4v) is 6.34. The molecule has 3 rings (SSSR count). The van der Waals surface area contributed by atoms with Crippen molar-refractivity contribution in [2.45, 2.75) is 97.6 Å². The monoisotopic (exact) mass is 546 g/mol. The maximum atomic E-state index is 13.5. The number of ketones is 1. The van der Waals surface area contributed by atoms with Crippen molar-refractivity contribution in [1.82, 2.24) is 0 Å². The van der Waals surface area contributed by atoms with Gasteiger partial charge in [-0.2, -0.15) is 0 Å². The third kappa shape index (κ3) is 5.23. The van der Waals surface area contributed by atoms with Gasteiger partial charge in [-0.05, 0) is 45.1 Å². The van der Waals surface area contributed by atoms with Crippen LogP contribution >= 0.6 is 0 Å². The van der Waals surface area contributed by atoms with Gasteiger partial charge in [-0.15, -0.1) is 0 Å². The van der Waals surface area contributed by atoms with Gasteiger partial charge in [-0.3, -0.25) is 14.4 Å². The summed E-state index contributed by atoms with van der Waals surface area (Å²) in [6.07, 6.45) is -1.00. The van der Waals surface area contributed by atoms with Gasteiger partial charge in [0.15, 0.2) is 5.78 Å². The Bertz CT molecular complexity index is 1110. The first-order valence-electron chi connectivity index (χ1n) is 13.6. The van der Waals surface area contributed by atoms with Crippen molar-refractivity contribution in [3.8, 4) is 0 Å². The molecule has 2 saturated carbocycles. The molecule has 3 aliphatic rings. The van der Waals surface area contributed by atoms with Crippen LogP contribution in [0.15, 0.2) is 36.0 Å². The van der Waals surface area contributed by atoms with Crippen molar-refractivity contribution in [3.05, 3.63) is 36.0 Å². The quantitative estimate of drug-likeness (QED) is 0.203. The van der Waals surface area contributed by atoms with Crippen LogP contribution in [0, 0.1) is 22.7 Å². The van der Waals surface area contributed by atoms with Crippen LogP contribution in [0.5, 0.6) is 0 Å². The van der Waals surface area contributed by atoms with Gasteiger partial charge < -0.3 is 24.4 Å². The van der Waals surface area contributed by atoms with E-state index in [-0.39, 0.29) is 17.9 Å². The summed E-state index contributed by atoms with van der Waals surface area (Å²) in [5.41, 5.74) is -3.28. The molecule has 2 N–H and O–H groups in total. The number of esters is 3. The Hall–Kier alpha value is -2.78. The molecule has 39 heavy (non-hydrogen) atoms. The smallest absolute Gasteiger partial charge is 0.333 e. The molecule has 0 aromatic rings. The number of aliphatic hydroxyl groups is 2. The van der Waals surface area contributed by atoms with Gasteiger partial charge >= 0.3 is 17.9 Å². The normalized spacial score (nSPS) is 36.6. The van der Waals surface area contributed by atoms with Gasteiger partial charge in [0, 0.05) is 22.3 Å². The lowest BCUT2D eigenvalue weighted by Crippen LogP contribution is -2.65. The molecular weight excluding hydrogens is 504 g/mol. The number of cyclic esters (lactones) is 1. The van der Waals surface area contributed by atoms with Crippen LogP contribution < -0.4 is 0 Å². The van der Waals surface area contributed by atoms with Crippen LogP contribution in [0.3, 0.4) is 0 Å². The van der Waals surface area contributed by atoms with E-state index in [9.17, 15) is 29.4 Å². The second kappa shape index (κ2) is 11.0. The highest BCUT2D eigenvalue weighted by molar-refractivity contribution is 6.01. The lowest BCUT2D eigenvalue weighted by Gasteiger charge is -2.60. The minimum absolute atomic E-state index is 0.0643. The summed E-state index contributed by atoms with van der Waals surface area (Å²) in [6, 6.07) is 0. The summed E-state index contributed by atoms with van der Waals surface area (Å²) in [4.78, 5) is 51.4. The number of aliphatic hydroxyl groups excluding tert-OH is 1. The van der Waals surface area contributed by atoms with Crippen LogP contribution in [-0.2, 0) is 33.4 Å². The molecular formula is C30H42O9. The zero-order valence-electron chi connectivity index (χ0n) is 23.9. The number of fused-ring (bicyclic) bond motifs is 1. The second-order valence-corrected chi connectivity index (χ2v) is 11.9. The number of carbonyl (C=O) groups is 4. The topological polar surface area (TPSA) is 136 Å². The van der Waals surface area contributed by atoms with E-state index in [0.717, 1.165) is 0 Å². The van der Waals surface area contributed by atoms with E-state index in [4.69, 9.17) is 14.2 Å². The van der Waals surface area contributed by atoms with Gasteiger partial charge in [0.05, 0.1) is 12.3 Å². The van der Waals surface area contributed by atoms with E-state index in [1.807, 2.05) is 6.92 Å². The van der Waals surface area contributed by atoms with E-state index in [0.29, 0.717) is 30.4 Å². The molecule has 0 bridgehead atoms. The number of carbonyl (C=O) groups excluding carboxylic acids is 4. The number of allylic oxidation sites excluding steroid dienone is 1. The van der Waals surface area contributed by atoms with Gasteiger partial charge in [0.2, 0.25) is 0 Å². The number of rotatable bonds is 8. The van der Waals surface area contributed by atoms with Crippen LogP contribution in [0.2, 0.25) is 0 Å². The molecule has 1 aliphatic heterocycles. The number of hydrogen-bond donors (Lipinski definition) is 2. The second-order valence-electron chi connectivity index (χ2n) is 11.9. The Morgan fingerprint density at radius 3 is 2.44 bits per heavy atom. The third-order valence-corrected chi connectivity index (χ3v) is 9.43. The van der Waals surface area contributed by atoms with Gasteiger partial charge in [-0.1, -0.05) is 52.5 Å². The molecule has 0 amide bonds. The summed E-state index contributed by atoms with van der Waals surface area (Å²) in [7, 11) is 0. The Balaban J connectivity index is 2.15. The first-order chi connectivity index (χ1) is 18.1. The number of ether oxygens (including phenoxy) is 3. The highest BCUT2D eigenvalue weighted by atomic mass is 16.6. The molecule has 216 valence electrons. The Labute approximate surface area is 230 Å². The van der Waals surface area contributed by atoms with E-state index in [2.05, 4.69) is 13.2 Å². The maximum absolute atomic E-state index is 13.5. The average Bonchev–Trinajstić information content (AvgIpc) is 3.26. The Morgan fingerprint density at radius 2 is 1.90 bits per heavy atom. The highest BCUT2D eigenvalue weighted by Crippen LogP contribution is 2.62. The molecule has 0 radical (unpaired) electrons. The SMILES string of the molecule is C=C1CC[C@H](OC(=O)[C@H](C)CC)[C@@H]2[C@]1(C)[C@H](O)C(=O)C(=C)[C@@]2(C)C[C@H](OC(=O)/C(C)=C/C)[C@@]1(O)COC(=O)C1. The van der Waals surface area contributed by atoms with Crippen molar-refractivity contribution in [2.24, 2.45) is 22.7 Å². The maximum Gasteiger partial charge on any atom is 0.333 e. The van der Waals surface area contributed by atoms with Crippen LogP contribution in [0.4, 0.5) is 0 Å². The minimum atomic E-state index is -1.85.